The molecule has 1 saturated carbocycles. The molecule has 0 bridgehead atoms. The van der Waals surface area contributed by atoms with Crippen molar-refractivity contribution in [3.63, 3.8) is 0 Å². The van der Waals surface area contributed by atoms with Gasteiger partial charge in [-0.05, 0) is 50.4 Å². The highest BCUT2D eigenvalue weighted by Gasteiger charge is 2.21. The molecule has 2 rings (SSSR count). The zero-order valence-corrected chi connectivity index (χ0v) is 12.0. The van der Waals surface area contributed by atoms with Crippen LogP contribution in [0.2, 0.25) is 0 Å². The van der Waals surface area contributed by atoms with E-state index >= 15 is 0 Å². The predicted octanol–water partition coefficient (Wildman–Crippen LogP) is 3.15. The largest absolute Gasteiger partial charge is 0.328 e. The van der Waals surface area contributed by atoms with Crippen LogP contribution in [0.3, 0.4) is 0 Å². The molecule has 0 aromatic heterocycles. The third kappa shape index (κ3) is 3.80. The van der Waals surface area contributed by atoms with Crippen LogP contribution in [0.25, 0.3) is 0 Å². The van der Waals surface area contributed by atoms with Crippen molar-refractivity contribution >= 4 is 15.9 Å². The van der Waals surface area contributed by atoms with Crippen LogP contribution in [0, 0.1) is 0 Å². The van der Waals surface area contributed by atoms with E-state index in [9.17, 15) is 0 Å². The van der Waals surface area contributed by atoms with E-state index in [0.29, 0.717) is 12.1 Å². The second kappa shape index (κ2) is 5.98. The van der Waals surface area contributed by atoms with Crippen LogP contribution in [-0.2, 0) is 6.54 Å². The molecule has 1 aliphatic carbocycles. The maximum atomic E-state index is 5.94. The fraction of sp³-hybridized carbons (Fsp3) is 0.571. The quantitative estimate of drug-likeness (QED) is 0.928. The van der Waals surface area contributed by atoms with Crippen molar-refractivity contribution in [3.05, 3.63) is 34.3 Å². The van der Waals surface area contributed by atoms with Crippen molar-refractivity contribution in [2.45, 2.75) is 44.3 Å². The second-order valence-corrected chi connectivity index (χ2v) is 6.03. The molecule has 0 amide bonds. The Morgan fingerprint density at radius 1 is 1.29 bits per heavy atom. The van der Waals surface area contributed by atoms with Crippen LogP contribution >= 0.6 is 15.9 Å². The summed E-state index contributed by atoms with van der Waals surface area (Å²) >= 11 is 3.52. The molecule has 2 nitrogen and oxygen atoms in total. The first-order chi connectivity index (χ1) is 8.15. The fourth-order valence-electron chi connectivity index (χ4n) is 2.59. The molecule has 1 aromatic rings. The van der Waals surface area contributed by atoms with Crippen LogP contribution in [0.1, 0.15) is 31.2 Å². The molecule has 0 aliphatic heterocycles. The Labute approximate surface area is 112 Å². The molecular formula is C14H21BrN2. The monoisotopic (exact) mass is 296 g/mol. The molecule has 0 radical (unpaired) electrons. The number of nitrogens with zero attached hydrogens (tertiary/aromatic N) is 1. The lowest BCUT2D eigenvalue weighted by molar-refractivity contribution is 0.176. The Kier molecular flexibility index (Phi) is 4.60. The maximum Gasteiger partial charge on any atom is 0.0234 e. The van der Waals surface area contributed by atoms with Crippen LogP contribution < -0.4 is 5.73 Å². The summed E-state index contributed by atoms with van der Waals surface area (Å²) in [6.45, 7) is 1.03. The molecule has 0 heterocycles. The zero-order chi connectivity index (χ0) is 12.3. The third-order valence-electron chi connectivity index (χ3n) is 3.69. The van der Waals surface area contributed by atoms with Crippen molar-refractivity contribution in [2.75, 3.05) is 7.05 Å². The molecule has 2 N–H and O–H groups in total. The van der Waals surface area contributed by atoms with Gasteiger partial charge in [-0.2, -0.15) is 0 Å². The fourth-order valence-corrected chi connectivity index (χ4v) is 3.04. The van der Waals surface area contributed by atoms with E-state index in [1.54, 1.807) is 0 Å². The lowest BCUT2D eigenvalue weighted by atomic mass is 9.91. The van der Waals surface area contributed by atoms with Crippen molar-refractivity contribution in [2.24, 2.45) is 5.73 Å². The molecule has 0 atom stereocenters. The summed E-state index contributed by atoms with van der Waals surface area (Å²) in [5, 5.41) is 0. The van der Waals surface area contributed by atoms with Gasteiger partial charge < -0.3 is 5.73 Å². The summed E-state index contributed by atoms with van der Waals surface area (Å²) in [5.41, 5.74) is 7.32. The molecule has 94 valence electrons. The summed E-state index contributed by atoms with van der Waals surface area (Å²) in [6, 6.07) is 9.70. The van der Waals surface area contributed by atoms with E-state index in [4.69, 9.17) is 5.73 Å². The summed E-state index contributed by atoms with van der Waals surface area (Å²) < 4.78 is 1.16. The number of hydrogen-bond donors (Lipinski definition) is 1. The summed E-state index contributed by atoms with van der Waals surface area (Å²) in [5.74, 6) is 0. The number of halogens is 1. The average Bonchev–Trinajstić information content (AvgIpc) is 2.29. The standard InChI is InChI=1S/C14H21BrN2/c1-17(14-7-5-13(16)6-8-14)10-11-3-2-4-12(15)9-11/h2-4,9,13-14H,5-8,10,16H2,1H3. The van der Waals surface area contributed by atoms with Gasteiger partial charge in [-0.1, -0.05) is 28.1 Å². The Balaban J connectivity index is 1.90. The highest BCUT2D eigenvalue weighted by molar-refractivity contribution is 9.10. The number of rotatable bonds is 3. The van der Waals surface area contributed by atoms with Gasteiger partial charge in [-0.3, -0.25) is 4.90 Å². The van der Waals surface area contributed by atoms with Crippen LogP contribution in [0.15, 0.2) is 28.7 Å². The SMILES string of the molecule is CN(Cc1cccc(Br)c1)C1CCC(N)CC1. The Hall–Kier alpha value is -0.380. The van der Waals surface area contributed by atoms with Gasteiger partial charge in [0.15, 0.2) is 0 Å². The highest BCUT2D eigenvalue weighted by atomic mass is 79.9. The van der Waals surface area contributed by atoms with Crippen LogP contribution in [0.4, 0.5) is 0 Å². The molecule has 1 fully saturated rings. The minimum Gasteiger partial charge on any atom is -0.328 e. The first kappa shape index (κ1) is 13.1. The van der Waals surface area contributed by atoms with Gasteiger partial charge in [0.25, 0.3) is 0 Å². The third-order valence-corrected chi connectivity index (χ3v) is 4.18. The van der Waals surface area contributed by atoms with Crippen LogP contribution in [-0.4, -0.2) is 24.0 Å². The Morgan fingerprint density at radius 3 is 2.65 bits per heavy atom. The van der Waals surface area contributed by atoms with Crippen molar-refractivity contribution < 1.29 is 0 Å². The Morgan fingerprint density at radius 2 is 2.00 bits per heavy atom. The second-order valence-electron chi connectivity index (χ2n) is 5.11. The summed E-state index contributed by atoms with van der Waals surface area (Å²) in [6.07, 6.45) is 4.83. The molecule has 17 heavy (non-hydrogen) atoms. The van der Waals surface area contributed by atoms with Crippen molar-refractivity contribution in [1.29, 1.82) is 0 Å². The molecule has 3 heteroatoms. The minimum absolute atomic E-state index is 0.436. The van der Waals surface area contributed by atoms with E-state index in [1.807, 2.05) is 0 Å². The number of benzene rings is 1. The predicted molar refractivity (Wildman–Crippen MR) is 75.8 cm³/mol. The average molecular weight is 297 g/mol. The van der Waals surface area contributed by atoms with E-state index < -0.39 is 0 Å². The Bertz CT molecular complexity index is 359. The van der Waals surface area contributed by atoms with E-state index in [0.717, 1.165) is 11.0 Å². The van der Waals surface area contributed by atoms with Gasteiger partial charge in [-0.25, -0.2) is 0 Å². The van der Waals surface area contributed by atoms with E-state index in [2.05, 4.69) is 52.1 Å². The molecule has 1 aliphatic rings. The number of hydrogen-bond acceptors (Lipinski definition) is 2. The lowest BCUT2D eigenvalue weighted by Crippen LogP contribution is -2.38. The maximum absolute atomic E-state index is 5.94. The highest BCUT2D eigenvalue weighted by Crippen LogP contribution is 2.23. The van der Waals surface area contributed by atoms with Crippen molar-refractivity contribution in [1.82, 2.24) is 4.90 Å². The molecule has 0 unspecified atom stereocenters. The molecule has 0 spiro atoms. The van der Waals surface area contributed by atoms with Gasteiger partial charge in [0.1, 0.15) is 0 Å². The van der Waals surface area contributed by atoms with Gasteiger partial charge in [-0.15, -0.1) is 0 Å². The first-order valence-corrected chi connectivity index (χ1v) is 7.14. The van der Waals surface area contributed by atoms with Gasteiger partial charge in [0, 0.05) is 23.1 Å². The topological polar surface area (TPSA) is 29.3 Å². The minimum atomic E-state index is 0.436. The first-order valence-electron chi connectivity index (χ1n) is 6.35. The molecule has 0 saturated heterocycles. The normalized spacial score (nSPS) is 25.2. The lowest BCUT2D eigenvalue weighted by Gasteiger charge is -2.33. The zero-order valence-electron chi connectivity index (χ0n) is 10.4. The van der Waals surface area contributed by atoms with E-state index in [1.165, 1.54) is 31.2 Å². The smallest absolute Gasteiger partial charge is 0.0234 e. The number of nitrogens with two attached hydrogens (primary N) is 1. The molecule has 1 aromatic carbocycles. The van der Waals surface area contributed by atoms with Crippen LogP contribution in [0.5, 0.6) is 0 Å². The summed E-state index contributed by atoms with van der Waals surface area (Å²) in [4.78, 5) is 2.47. The summed E-state index contributed by atoms with van der Waals surface area (Å²) in [7, 11) is 2.22. The van der Waals surface area contributed by atoms with Gasteiger partial charge in [0.05, 0.1) is 0 Å². The van der Waals surface area contributed by atoms with Gasteiger partial charge in [0.2, 0.25) is 0 Å². The van der Waals surface area contributed by atoms with E-state index in [-0.39, 0.29) is 0 Å². The van der Waals surface area contributed by atoms with Gasteiger partial charge >= 0.3 is 0 Å². The molecular weight excluding hydrogens is 276 g/mol. The van der Waals surface area contributed by atoms with Crippen molar-refractivity contribution in [3.8, 4) is 0 Å².